The van der Waals surface area contributed by atoms with Crippen LogP contribution in [0.5, 0.6) is 0 Å². The van der Waals surface area contributed by atoms with Gasteiger partial charge in [0, 0.05) is 23.7 Å². The van der Waals surface area contributed by atoms with Crippen LogP contribution in [-0.2, 0) is 19.6 Å². The van der Waals surface area contributed by atoms with Crippen LogP contribution in [0.15, 0.2) is 30.5 Å². The van der Waals surface area contributed by atoms with E-state index >= 15 is 0 Å². The van der Waals surface area contributed by atoms with E-state index in [9.17, 15) is 0 Å². The van der Waals surface area contributed by atoms with Crippen molar-refractivity contribution in [3.05, 3.63) is 51.5 Å². The van der Waals surface area contributed by atoms with Crippen LogP contribution in [0.3, 0.4) is 0 Å². The minimum Gasteiger partial charge on any atom is -0.392 e. The summed E-state index contributed by atoms with van der Waals surface area (Å²) in [5.74, 6) is 0. The maximum atomic E-state index is 9.15. The third-order valence-electron chi connectivity index (χ3n) is 3.14. The number of aliphatic hydroxyl groups excluding tert-OH is 1. The number of benzene rings is 1. The monoisotopic (exact) mass is 276 g/mol. The fourth-order valence-electron chi connectivity index (χ4n) is 1.91. The van der Waals surface area contributed by atoms with Gasteiger partial charge in [-0.3, -0.25) is 0 Å². The molecule has 0 fully saturated rings. The van der Waals surface area contributed by atoms with Crippen molar-refractivity contribution in [3.63, 3.8) is 0 Å². The van der Waals surface area contributed by atoms with E-state index in [2.05, 4.69) is 30.2 Å². The van der Waals surface area contributed by atoms with Crippen LogP contribution >= 0.6 is 11.3 Å². The minimum atomic E-state index is 0.0902. The van der Waals surface area contributed by atoms with Crippen LogP contribution in [-0.4, -0.2) is 10.1 Å². The van der Waals surface area contributed by atoms with Crippen LogP contribution in [0.4, 0.5) is 0 Å². The smallest absolute Gasteiger partial charge is 0.107 e. The summed E-state index contributed by atoms with van der Waals surface area (Å²) in [5, 5.41) is 13.7. The molecule has 1 heterocycles. The standard InChI is InChI=1S/C15H20N2OS/c1-3-14-8-17-15(19-14)9-16-11(2)13-6-4-5-12(7-13)10-18/h4-8,11,16,18H,3,9-10H2,1-2H3. The van der Waals surface area contributed by atoms with Gasteiger partial charge in [-0.25, -0.2) is 4.98 Å². The Morgan fingerprint density at radius 2 is 2.26 bits per heavy atom. The average molecular weight is 276 g/mol. The summed E-state index contributed by atoms with van der Waals surface area (Å²) in [6.07, 6.45) is 3.00. The zero-order valence-electron chi connectivity index (χ0n) is 11.4. The molecular formula is C15H20N2OS. The minimum absolute atomic E-state index is 0.0902. The van der Waals surface area contributed by atoms with Gasteiger partial charge in [-0.2, -0.15) is 0 Å². The fourth-order valence-corrected chi connectivity index (χ4v) is 2.73. The first-order valence-electron chi connectivity index (χ1n) is 6.59. The van der Waals surface area contributed by atoms with Crippen molar-refractivity contribution in [2.75, 3.05) is 0 Å². The Hall–Kier alpha value is -1.23. The lowest BCUT2D eigenvalue weighted by molar-refractivity contribution is 0.281. The molecule has 0 saturated heterocycles. The summed E-state index contributed by atoms with van der Waals surface area (Å²) in [5.41, 5.74) is 2.15. The maximum absolute atomic E-state index is 9.15. The van der Waals surface area contributed by atoms with Gasteiger partial charge in [0.2, 0.25) is 0 Å². The van der Waals surface area contributed by atoms with E-state index in [4.69, 9.17) is 5.11 Å². The molecule has 0 saturated carbocycles. The molecule has 2 rings (SSSR count). The zero-order chi connectivity index (χ0) is 13.7. The van der Waals surface area contributed by atoms with Crippen molar-refractivity contribution < 1.29 is 5.11 Å². The molecular weight excluding hydrogens is 256 g/mol. The summed E-state index contributed by atoms with van der Waals surface area (Å²) in [6.45, 7) is 5.15. The highest BCUT2D eigenvalue weighted by atomic mass is 32.1. The third-order valence-corrected chi connectivity index (χ3v) is 4.28. The summed E-state index contributed by atoms with van der Waals surface area (Å²) < 4.78 is 0. The SMILES string of the molecule is CCc1cnc(CNC(C)c2cccc(CO)c2)s1. The third kappa shape index (κ3) is 3.86. The van der Waals surface area contributed by atoms with E-state index in [-0.39, 0.29) is 12.6 Å². The van der Waals surface area contributed by atoms with Gasteiger partial charge in [0.15, 0.2) is 0 Å². The second-order valence-electron chi connectivity index (χ2n) is 4.58. The van der Waals surface area contributed by atoms with Gasteiger partial charge < -0.3 is 10.4 Å². The number of nitrogens with one attached hydrogen (secondary N) is 1. The highest BCUT2D eigenvalue weighted by molar-refractivity contribution is 7.11. The summed E-state index contributed by atoms with van der Waals surface area (Å²) in [4.78, 5) is 5.73. The molecule has 3 nitrogen and oxygen atoms in total. The molecule has 0 aliphatic heterocycles. The fraction of sp³-hybridized carbons (Fsp3) is 0.400. The molecule has 2 N–H and O–H groups in total. The van der Waals surface area contributed by atoms with E-state index in [0.29, 0.717) is 0 Å². The van der Waals surface area contributed by atoms with Crippen molar-refractivity contribution in [2.24, 2.45) is 0 Å². The normalized spacial score (nSPS) is 12.6. The van der Waals surface area contributed by atoms with Gasteiger partial charge in [0.1, 0.15) is 5.01 Å². The molecule has 0 bridgehead atoms. The van der Waals surface area contributed by atoms with E-state index in [1.165, 1.54) is 10.4 Å². The Kier molecular flexibility index (Phi) is 5.07. The Labute approximate surface area is 118 Å². The lowest BCUT2D eigenvalue weighted by atomic mass is 10.1. The average Bonchev–Trinajstić information content (AvgIpc) is 2.93. The second-order valence-corrected chi connectivity index (χ2v) is 5.78. The lowest BCUT2D eigenvalue weighted by Gasteiger charge is -2.14. The van der Waals surface area contributed by atoms with E-state index in [0.717, 1.165) is 23.5 Å². The molecule has 19 heavy (non-hydrogen) atoms. The number of thiazole rings is 1. The van der Waals surface area contributed by atoms with Crippen LogP contribution < -0.4 is 5.32 Å². The number of aryl methyl sites for hydroxylation is 1. The first-order chi connectivity index (χ1) is 9.22. The zero-order valence-corrected chi connectivity index (χ0v) is 12.2. The van der Waals surface area contributed by atoms with Gasteiger partial charge >= 0.3 is 0 Å². The molecule has 1 unspecified atom stereocenters. The molecule has 0 aliphatic carbocycles. The highest BCUT2D eigenvalue weighted by Crippen LogP contribution is 2.17. The van der Waals surface area contributed by atoms with E-state index in [1.807, 2.05) is 24.4 Å². The molecule has 1 atom stereocenters. The largest absolute Gasteiger partial charge is 0.392 e. The molecule has 2 aromatic rings. The molecule has 0 radical (unpaired) electrons. The van der Waals surface area contributed by atoms with Gasteiger partial charge in [-0.15, -0.1) is 11.3 Å². The molecule has 1 aromatic carbocycles. The Morgan fingerprint density at radius 1 is 1.42 bits per heavy atom. The van der Waals surface area contributed by atoms with Gasteiger partial charge in [0.25, 0.3) is 0 Å². The first kappa shape index (κ1) is 14.2. The molecule has 1 aromatic heterocycles. The van der Waals surface area contributed by atoms with Gasteiger partial charge in [0.05, 0.1) is 6.61 Å². The number of rotatable bonds is 6. The number of hydrogen-bond acceptors (Lipinski definition) is 4. The Bertz CT molecular complexity index is 524. The summed E-state index contributed by atoms with van der Waals surface area (Å²) >= 11 is 1.76. The number of aromatic nitrogens is 1. The molecule has 0 amide bonds. The Balaban J connectivity index is 1.94. The molecule has 102 valence electrons. The Morgan fingerprint density at radius 3 is 2.95 bits per heavy atom. The predicted molar refractivity (Wildman–Crippen MR) is 79.1 cm³/mol. The number of hydrogen-bond donors (Lipinski definition) is 2. The van der Waals surface area contributed by atoms with Crippen molar-refractivity contribution in [1.29, 1.82) is 0 Å². The van der Waals surface area contributed by atoms with Crippen LogP contribution in [0.2, 0.25) is 0 Å². The maximum Gasteiger partial charge on any atom is 0.107 e. The van der Waals surface area contributed by atoms with Gasteiger partial charge in [-0.1, -0.05) is 31.2 Å². The topological polar surface area (TPSA) is 45.2 Å². The van der Waals surface area contributed by atoms with E-state index in [1.54, 1.807) is 11.3 Å². The molecule has 0 spiro atoms. The second kappa shape index (κ2) is 6.80. The number of nitrogens with zero attached hydrogens (tertiary/aromatic N) is 1. The molecule has 4 heteroatoms. The van der Waals surface area contributed by atoms with Crippen molar-refractivity contribution >= 4 is 11.3 Å². The number of aliphatic hydroxyl groups is 1. The highest BCUT2D eigenvalue weighted by Gasteiger charge is 2.07. The first-order valence-corrected chi connectivity index (χ1v) is 7.41. The summed E-state index contributed by atoms with van der Waals surface area (Å²) in [7, 11) is 0. The van der Waals surface area contributed by atoms with E-state index < -0.39 is 0 Å². The summed E-state index contributed by atoms with van der Waals surface area (Å²) in [6, 6.07) is 8.29. The molecule has 0 aliphatic rings. The predicted octanol–water partition coefficient (Wildman–Crippen LogP) is 3.05. The van der Waals surface area contributed by atoms with Crippen molar-refractivity contribution in [1.82, 2.24) is 10.3 Å². The van der Waals surface area contributed by atoms with Crippen LogP contribution in [0.25, 0.3) is 0 Å². The van der Waals surface area contributed by atoms with Crippen LogP contribution in [0.1, 0.15) is 40.9 Å². The van der Waals surface area contributed by atoms with Crippen molar-refractivity contribution in [2.45, 2.75) is 39.5 Å². The van der Waals surface area contributed by atoms with Crippen LogP contribution in [0, 0.1) is 0 Å². The van der Waals surface area contributed by atoms with Crippen molar-refractivity contribution in [3.8, 4) is 0 Å². The van der Waals surface area contributed by atoms with Gasteiger partial charge in [-0.05, 0) is 24.5 Å². The quantitative estimate of drug-likeness (QED) is 0.852. The lowest BCUT2D eigenvalue weighted by Crippen LogP contribution is -2.18.